The molecule has 0 spiro atoms. The van der Waals surface area contributed by atoms with E-state index in [4.69, 9.17) is 0 Å². The Kier molecular flexibility index (Phi) is 3.69. The first-order chi connectivity index (χ1) is 12.1. The van der Waals surface area contributed by atoms with Gasteiger partial charge in [-0.15, -0.1) is 0 Å². The summed E-state index contributed by atoms with van der Waals surface area (Å²) < 4.78 is 15.8. The molecule has 3 aromatic rings. The van der Waals surface area contributed by atoms with Gasteiger partial charge in [0.25, 0.3) is 11.1 Å². The van der Waals surface area contributed by atoms with E-state index in [1.165, 1.54) is 6.07 Å². The van der Waals surface area contributed by atoms with Gasteiger partial charge in [0.05, 0.1) is 22.7 Å². The number of imide groups is 1. The highest BCUT2D eigenvalue weighted by molar-refractivity contribution is 8.18. The van der Waals surface area contributed by atoms with Crippen LogP contribution in [0.2, 0.25) is 0 Å². The van der Waals surface area contributed by atoms with E-state index in [9.17, 15) is 14.0 Å². The summed E-state index contributed by atoms with van der Waals surface area (Å²) in [6.07, 6.45) is 1.83. The molecule has 4 rings (SSSR count). The molecule has 0 bridgehead atoms. The Morgan fingerprint density at radius 3 is 2.56 bits per heavy atom. The number of amides is 2. The van der Waals surface area contributed by atoms with Crippen LogP contribution in [0.15, 0.2) is 66.2 Å². The minimum Gasteiger partial charge on any atom is -0.343 e. The first-order valence-electron chi connectivity index (χ1n) is 7.62. The van der Waals surface area contributed by atoms with Crippen molar-refractivity contribution in [1.29, 1.82) is 0 Å². The number of anilines is 1. The topological polar surface area (TPSA) is 42.3 Å². The summed E-state index contributed by atoms with van der Waals surface area (Å²) in [5, 5.41) is 0.403. The fraction of sp³-hybridized carbons (Fsp3) is 0.0526. The monoisotopic (exact) mass is 352 g/mol. The van der Waals surface area contributed by atoms with Gasteiger partial charge >= 0.3 is 0 Å². The van der Waals surface area contributed by atoms with Gasteiger partial charge in [-0.3, -0.25) is 9.59 Å². The van der Waals surface area contributed by atoms with Gasteiger partial charge in [0.2, 0.25) is 0 Å². The number of aromatic nitrogens is 1. The van der Waals surface area contributed by atoms with Crippen molar-refractivity contribution in [3.63, 3.8) is 0 Å². The summed E-state index contributed by atoms with van der Waals surface area (Å²) in [6.45, 7) is 3.98. The fourth-order valence-electron chi connectivity index (χ4n) is 2.96. The highest BCUT2D eigenvalue weighted by atomic mass is 32.2. The van der Waals surface area contributed by atoms with Crippen LogP contribution < -0.4 is 4.90 Å². The quantitative estimate of drug-likeness (QED) is 0.650. The molecule has 2 aromatic carbocycles. The number of hydrogen-bond donors (Lipinski definition) is 0. The van der Waals surface area contributed by atoms with Crippen LogP contribution in [0.4, 0.5) is 14.9 Å². The largest absolute Gasteiger partial charge is 0.343 e. The van der Waals surface area contributed by atoms with Crippen LogP contribution in [-0.4, -0.2) is 15.7 Å². The van der Waals surface area contributed by atoms with Crippen LogP contribution in [0.5, 0.6) is 0 Å². The molecule has 1 fully saturated rings. The molecular formula is C19H13FN2O2S. The standard InChI is InChI=1S/C19H13FN2O2S/c1-12-18(23)22(19(24)25-12)17-8-4-7-16-14(17)9-10-21(16)11-13-5-2-3-6-15(13)20/h2-10H,1,11H2. The number of thioether (sulfide) groups is 1. The smallest absolute Gasteiger partial charge is 0.298 e. The van der Waals surface area contributed by atoms with E-state index in [0.29, 0.717) is 17.8 Å². The minimum atomic E-state index is -0.399. The predicted octanol–water partition coefficient (Wildman–Crippen LogP) is 4.54. The Bertz CT molecular complexity index is 1040. The van der Waals surface area contributed by atoms with Gasteiger partial charge in [0, 0.05) is 17.1 Å². The van der Waals surface area contributed by atoms with Crippen LogP contribution in [-0.2, 0) is 11.3 Å². The number of carbonyl (C=O) groups excluding carboxylic acids is 2. The van der Waals surface area contributed by atoms with Crippen molar-refractivity contribution in [3.05, 3.63) is 77.6 Å². The lowest BCUT2D eigenvalue weighted by atomic mass is 10.2. The SMILES string of the molecule is C=C1SC(=O)N(c2cccc3c2ccn3Cc2ccccc2F)C1=O. The van der Waals surface area contributed by atoms with Gasteiger partial charge in [-0.1, -0.05) is 30.8 Å². The molecule has 0 unspecified atom stereocenters. The Labute approximate surface area is 147 Å². The van der Waals surface area contributed by atoms with Crippen LogP contribution in [0, 0.1) is 5.82 Å². The van der Waals surface area contributed by atoms with E-state index in [2.05, 4.69) is 6.58 Å². The summed E-state index contributed by atoms with van der Waals surface area (Å²) in [5.74, 6) is -0.664. The molecule has 0 radical (unpaired) electrons. The summed E-state index contributed by atoms with van der Waals surface area (Å²) in [5.41, 5.74) is 1.91. The normalized spacial score (nSPS) is 14.8. The van der Waals surface area contributed by atoms with Crippen molar-refractivity contribution in [1.82, 2.24) is 4.57 Å². The number of hydrogen-bond acceptors (Lipinski definition) is 3. The summed E-state index contributed by atoms with van der Waals surface area (Å²) >= 11 is 0.838. The van der Waals surface area contributed by atoms with Crippen molar-refractivity contribution >= 4 is 39.5 Å². The minimum absolute atomic E-state index is 0.216. The molecule has 4 nitrogen and oxygen atoms in total. The molecule has 2 amide bonds. The molecule has 1 aliphatic heterocycles. The van der Waals surface area contributed by atoms with E-state index in [0.717, 1.165) is 27.6 Å². The highest BCUT2D eigenvalue weighted by Crippen LogP contribution is 2.37. The lowest BCUT2D eigenvalue weighted by Gasteiger charge is -2.14. The lowest BCUT2D eigenvalue weighted by molar-refractivity contribution is -0.113. The molecule has 25 heavy (non-hydrogen) atoms. The molecule has 0 atom stereocenters. The molecule has 0 N–H and O–H groups in total. The van der Waals surface area contributed by atoms with E-state index in [-0.39, 0.29) is 16.0 Å². The van der Waals surface area contributed by atoms with E-state index in [1.807, 2.05) is 22.9 Å². The van der Waals surface area contributed by atoms with Gasteiger partial charge in [-0.05, 0) is 36.0 Å². The second kappa shape index (κ2) is 5.89. The highest BCUT2D eigenvalue weighted by Gasteiger charge is 2.36. The third-order valence-electron chi connectivity index (χ3n) is 4.16. The van der Waals surface area contributed by atoms with Crippen molar-refractivity contribution < 1.29 is 14.0 Å². The van der Waals surface area contributed by atoms with Crippen LogP contribution in [0.3, 0.4) is 0 Å². The third kappa shape index (κ3) is 2.55. The van der Waals surface area contributed by atoms with Crippen molar-refractivity contribution in [2.45, 2.75) is 6.54 Å². The summed E-state index contributed by atoms with van der Waals surface area (Å²) in [6, 6.07) is 13.8. The number of benzene rings is 2. The van der Waals surface area contributed by atoms with Gasteiger partial charge in [0.15, 0.2) is 0 Å². The van der Waals surface area contributed by atoms with Gasteiger partial charge < -0.3 is 4.57 Å². The average molecular weight is 352 g/mol. The maximum absolute atomic E-state index is 13.9. The number of rotatable bonds is 3. The zero-order valence-corrected chi connectivity index (χ0v) is 13.9. The molecule has 1 aromatic heterocycles. The molecule has 6 heteroatoms. The van der Waals surface area contributed by atoms with E-state index in [1.54, 1.807) is 30.3 Å². The first-order valence-corrected chi connectivity index (χ1v) is 8.44. The molecule has 1 aliphatic rings. The molecular weight excluding hydrogens is 339 g/mol. The number of carbonyl (C=O) groups is 2. The molecule has 124 valence electrons. The zero-order valence-electron chi connectivity index (χ0n) is 13.1. The maximum atomic E-state index is 13.9. The number of halogens is 1. The van der Waals surface area contributed by atoms with Gasteiger partial charge in [-0.25, -0.2) is 9.29 Å². The molecule has 0 aliphatic carbocycles. The predicted molar refractivity (Wildman–Crippen MR) is 97.1 cm³/mol. The Morgan fingerprint density at radius 1 is 1.04 bits per heavy atom. The lowest BCUT2D eigenvalue weighted by Crippen LogP contribution is -2.27. The third-order valence-corrected chi connectivity index (χ3v) is 4.94. The summed E-state index contributed by atoms with van der Waals surface area (Å²) in [7, 11) is 0. The van der Waals surface area contributed by atoms with Crippen LogP contribution in [0.1, 0.15) is 5.56 Å². The zero-order chi connectivity index (χ0) is 17.6. The van der Waals surface area contributed by atoms with Crippen LogP contribution in [0.25, 0.3) is 10.9 Å². The number of nitrogens with zero attached hydrogens (tertiary/aromatic N) is 2. The van der Waals surface area contributed by atoms with E-state index < -0.39 is 5.91 Å². The van der Waals surface area contributed by atoms with Crippen molar-refractivity contribution in [3.8, 4) is 0 Å². The average Bonchev–Trinajstić information content (AvgIpc) is 3.11. The fourth-order valence-corrected chi connectivity index (χ4v) is 3.62. The first kappa shape index (κ1) is 15.7. The maximum Gasteiger partial charge on any atom is 0.298 e. The second-order valence-electron chi connectivity index (χ2n) is 5.68. The molecule has 1 saturated heterocycles. The molecule has 0 saturated carbocycles. The van der Waals surface area contributed by atoms with E-state index >= 15 is 0 Å². The Balaban J connectivity index is 1.79. The van der Waals surface area contributed by atoms with Crippen molar-refractivity contribution in [2.24, 2.45) is 0 Å². The van der Waals surface area contributed by atoms with Gasteiger partial charge in [0.1, 0.15) is 5.82 Å². The molecule has 2 heterocycles. The number of fused-ring (bicyclic) bond motifs is 1. The van der Waals surface area contributed by atoms with Crippen LogP contribution >= 0.6 is 11.8 Å². The Hall–Kier alpha value is -2.86. The Morgan fingerprint density at radius 2 is 1.84 bits per heavy atom. The van der Waals surface area contributed by atoms with Crippen molar-refractivity contribution in [2.75, 3.05) is 4.90 Å². The summed E-state index contributed by atoms with van der Waals surface area (Å²) in [4.78, 5) is 25.7. The second-order valence-corrected chi connectivity index (χ2v) is 6.72. The van der Waals surface area contributed by atoms with Gasteiger partial charge in [-0.2, -0.15) is 0 Å².